The molecule has 19 heavy (non-hydrogen) atoms. The maximum absolute atomic E-state index is 12.2. The summed E-state index contributed by atoms with van der Waals surface area (Å²) in [5, 5.41) is 0. The number of rotatable bonds is 2. The minimum Gasteiger partial charge on any atom is -0.255 e. The molecule has 0 bridgehead atoms. The summed E-state index contributed by atoms with van der Waals surface area (Å²) < 4.78 is 12.2. The van der Waals surface area contributed by atoms with Crippen molar-refractivity contribution in [3.63, 3.8) is 0 Å². The Balaban J connectivity index is 2.25. The van der Waals surface area contributed by atoms with Crippen molar-refractivity contribution in [3.05, 3.63) is 77.4 Å². The monoisotopic (exact) mass is 266 g/mol. The maximum atomic E-state index is 12.2. The molecule has 3 rings (SSSR count). The summed E-state index contributed by atoms with van der Waals surface area (Å²) in [5.74, 6) is 0. The lowest BCUT2D eigenvalue weighted by Crippen LogP contribution is -1.96. The van der Waals surface area contributed by atoms with Crippen LogP contribution in [0.2, 0.25) is 0 Å². The second-order valence-corrected chi connectivity index (χ2v) is 5.80. The van der Waals surface area contributed by atoms with Crippen molar-refractivity contribution in [2.75, 3.05) is 6.26 Å². The van der Waals surface area contributed by atoms with Crippen molar-refractivity contribution < 1.29 is 4.21 Å². The molecule has 1 nitrogen and oxygen atoms in total. The summed E-state index contributed by atoms with van der Waals surface area (Å²) in [6.45, 7) is 0. The average molecular weight is 266 g/mol. The second kappa shape index (κ2) is 4.98. The van der Waals surface area contributed by atoms with Crippen LogP contribution >= 0.6 is 0 Å². The summed E-state index contributed by atoms with van der Waals surface area (Å²) >= 11 is 0. The van der Waals surface area contributed by atoms with Gasteiger partial charge in [-0.25, -0.2) is 0 Å². The summed E-state index contributed by atoms with van der Waals surface area (Å²) in [6, 6.07) is 18.2. The highest BCUT2D eigenvalue weighted by molar-refractivity contribution is 7.94. The minimum atomic E-state index is -1.02. The smallest absolute Gasteiger partial charge is 0.0536 e. The van der Waals surface area contributed by atoms with Crippen molar-refractivity contribution in [1.82, 2.24) is 0 Å². The van der Waals surface area contributed by atoms with Gasteiger partial charge in [0.1, 0.15) is 0 Å². The average Bonchev–Trinajstić information content (AvgIpc) is 2.84. The fraction of sp³-hybridized carbons (Fsp3) is 0.0588. The molecule has 0 heterocycles. The molecule has 1 atom stereocenters. The molecule has 94 valence electrons. The molecule has 2 heteroatoms. The van der Waals surface area contributed by atoms with Gasteiger partial charge in [-0.2, -0.15) is 0 Å². The molecule has 0 fully saturated rings. The first-order valence-corrected chi connectivity index (χ1v) is 7.74. The number of hydrogen-bond donors (Lipinski definition) is 0. The second-order valence-electron chi connectivity index (χ2n) is 4.48. The van der Waals surface area contributed by atoms with E-state index in [1.54, 1.807) is 6.26 Å². The van der Waals surface area contributed by atoms with Crippen LogP contribution in [0, 0.1) is 0 Å². The normalized spacial score (nSPS) is 17.1. The SMILES string of the molecule is CS(=O)C(=C1C=Cc2ccccc21)c1ccccc1. The molecular formula is C17H14OS. The van der Waals surface area contributed by atoms with Gasteiger partial charge in [0.05, 0.1) is 15.7 Å². The predicted molar refractivity (Wildman–Crippen MR) is 82.8 cm³/mol. The third-order valence-electron chi connectivity index (χ3n) is 3.25. The van der Waals surface area contributed by atoms with Crippen LogP contribution in [0.15, 0.2) is 60.7 Å². The molecular weight excluding hydrogens is 252 g/mol. The van der Waals surface area contributed by atoms with Gasteiger partial charge in [0.2, 0.25) is 0 Å². The van der Waals surface area contributed by atoms with E-state index < -0.39 is 10.8 Å². The molecule has 0 amide bonds. The number of fused-ring (bicyclic) bond motifs is 1. The van der Waals surface area contributed by atoms with Gasteiger partial charge in [-0.3, -0.25) is 4.21 Å². The van der Waals surface area contributed by atoms with Gasteiger partial charge in [0.15, 0.2) is 0 Å². The summed E-state index contributed by atoms with van der Waals surface area (Å²) in [5.41, 5.74) is 4.45. The van der Waals surface area contributed by atoms with Crippen LogP contribution in [0.1, 0.15) is 16.7 Å². The summed E-state index contributed by atoms with van der Waals surface area (Å²) in [6.07, 6.45) is 5.89. The van der Waals surface area contributed by atoms with E-state index in [4.69, 9.17) is 0 Å². The lowest BCUT2D eigenvalue weighted by atomic mass is 10.0. The summed E-state index contributed by atoms with van der Waals surface area (Å²) in [7, 11) is -1.02. The molecule has 0 aliphatic heterocycles. The fourth-order valence-corrected chi connectivity index (χ4v) is 3.37. The minimum absolute atomic E-state index is 0.904. The van der Waals surface area contributed by atoms with E-state index in [2.05, 4.69) is 24.3 Å². The zero-order valence-corrected chi connectivity index (χ0v) is 11.5. The Kier molecular flexibility index (Phi) is 3.18. The molecule has 0 saturated carbocycles. The largest absolute Gasteiger partial charge is 0.255 e. The van der Waals surface area contributed by atoms with Gasteiger partial charge in [-0.05, 0) is 22.3 Å². The Morgan fingerprint density at radius 2 is 1.58 bits per heavy atom. The van der Waals surface area contributed by atoms with Crippen LogP contribution in [-0.4, -0.2) is 10.5 Å². The Hall–Kier alpha value is -1.93. The number of allylic oxidation sites excluding steroid dienone is 2. The van der Waals surface area contributed by atoms with Gasteiger partial charge >= 0.3 is 0 Å². The highest BCUT2D eigenvalue weighted by atomic mass is 32.2. The third-order valence-corrected chi connectivity index (χ3v) is 4.28. The van der Waals surface area contributed by atoms with Crippen LogP contribution < -0.4 is 0 Å². The first-order chi connectivity index (χ1) is 9.27. The van der Waals surface area contributed by atoms with Crippen LogP contribution in [0.5, 0.6) is 0 Å². The first kappa shape index (κ1) is 12.1. The van der Waals surface area contributed by atoms with Gasteiger partial charge in [-0.15, -0.1) is 0 Å². The predicted octanol–water partition coefficient (Wildman–Crippen LogP) is 3.96. The van der Waals surface area contributed by atoms with E-state index in [-0.39, 0.29) is 0 Å². The molecule has 1 aliphatic rings. The summed E-state index contributed by atoms with van der Waals surface area (Å²) in [4.78, 5) is 0.904. The van der Waals surface area contributed by atoms with E-state index >= 15 is 0 Å². The van der Waals surface area contributed by atoms with E-state index in [9.17, 15) is 4.21 Å². The Bertz CT molecular complexity index is 696. The number of benzene rings is 2. The molecule has 0 spiro atoms. The third kappa shape index (κ3) is 2.20. The lowest BCUT2D eigenvalue weighted by molar-refractivity contribution is 0.692. The van der Waals surface area contributed by atoms with E-state index in [1.165, 1.54) is 5.56 Å². The molecule has 0 saturated heterocycles. The van der Waals surface area contributed by atoms with Crippen molar-refractivity contribution in [2.24, 2.45) is 0 Å². The van der Waals surface area contributed by atoms with Crippen LogP contribution in [0.4, 0.5) is 0 Å². The lowest BCUT2D eigenvalue weighted by Gasteiger charge is -2.10. The zero-order chi connectivity index (χ0) is 13.2. The molecule has 0 N–H and O–H groups in total. The molecule has 0 radical (unpaired) electrons. The quantitative estimate of drug-likeness (QED) is 0.804. The van der Waals surface area contributed by atoms with Crippen LogP contribution in [-0.2, 0) is 10.8 Å². The number of hydrogen-bond acceptors (Lipinski definition) is 1. The van der Waals surface area contributed by atoms with E-state index in [0.717, 1.165) is 21.6 Å². The van der Waals surface area contributed by atoms with Gasteiger partial charge < -0.3 is 0 Å². The molecule has 1 unspecified atom stereocenters. The fourth-order valence-electron chi connectivity index (χ4n) is 2.41. The standard InChI is InChI=1S/C17H14OS/c1-19(18)17(14-8-3-2-4-9-14)16-12-11-13-7-5-6-10-15(13)16/h2-12H,1H3. The van der Waals surface area contributed by atoms with Crippen LogP contribution in [0.3, 0.4) is 0 Å². The van der Waals surface area contributed by atoms with E-state index in [1.807, 2.05) is 42.5 Å². The highest BCUT2D eigenvalue weighted by Gasteiger charge is 2.17. The van der Waals surface area contributed by atoms with Crippen LogP contribution in [0.25, 0.3) is 16.6 Å². The van der Waals surface area contributed by atoms with Crippen molar-refractivity contribution in [2.45, 2.75) is 0 Å². The molecule has 0 aromatic heterocycles. The van der Waals surface area contributed by atoms with Crippen molar-refractivity contribution in [3.8, 4) is 0 Å². The van der Waals surface area contributed by atoms with Crippen molar-refractivity contribution >= 4 is 27.4 Å². The topological polar surface area (TPSA) is 17.1 Å². The first-order valence-electron chi connectivity index (χ1n) is 6.18. The zero-order valence-electron chi connectivity index (χ0n) is 10.7. The Labute approximate surface area is 115 Å². The van der Waals surface area contributed by atoms with Gasteiger partial charge in [0.25, 0.3) is 0 Å². The Morgan fingerprint density at radius 1 is 0.895 bits per heavy atom. The Morgan fingerprint density at radius 3 is 2.32 bits per heavy atom. The highest BCUT2D eigenvalue weighted by Crippen LogP contribution is 2.36. The van der Waals surface area contributed by atoms with Crippen molar-refractivity contribution in [1.29, 1.82) is 0 Å². The molecule has 1 aliphatic carbocycles. The maximum Gasteiger partial charge on any atom is 0.0536 e. The molecule has 2 aromatic rings. The van der Waals surface area contributed by atoms with Gasteiger partial charge in [-0.1, -0.05) is 66.7 Å². The van der Waals surface area contributed by atoms with E-state index in [0.29, 0.717) is 0 Å². The van der Waals surface area contributed by atoms with Gasteiger partial charge in [0, 0.05) is 6.26 Å². The molecule has 2 aromatic carbocycles.